The second kappa shape index (κ2) is 6.28. The highest BCUT2D eigenvalue weighted by molar-refractivity contribution is 5.50. The Morgan fingerprint density at radius 1 is 0.909 bits per heavy atom. The highest BCUT2D eigenvalue weighted by atomic mass is 16.5. The first-order valence-corrected chi connectivity index (χ1v) is 7.49. The lowest BCUT2D eigenvalue weighted by Crippen LogP contribution is -2.87. The van der Waals surface area contributed by atoms with Crippen molar-refractivity contribution < 1.29 is 19.5 Å². The van der Waals surface area contributed by atoms with Crippen molar-refractivity contribution in [3.8, 4) is 17.2 Å². The van der Waals surface area contributed by atoms with Crippen molar-refractivity contribution in [3.63, 3.8) is 0 Å². The number of quaternary nitrogens is 1. The van der Waals surface area contributed by atoms with Gasteiger partial charge in [0, 0.05) is 17.5 Å². The smallest absolute Gasteiger partial charge is 0.161 e. The van der Waals surface area contributed by atoms with Crippen LogP contribution in [0.2, 0.25) is 0 Å². The van der Waals surface area contributed by atoms with Gasteiger partial charge < -0.3 is 19.5 Å². The van der Waals surface area contributed by atoms with Gasteiger partial charge in [0.25, 0.3) is 0 Å². The second-order valence-electron chi connectivity index (χ2n) is 5.43. The van der Waals surface area contributed by atoms with E-state index in [1.807, 2.05) is 12.1 Å². The van der Waals surface area contributed by atoms with Gasteiger partial charge >= 0.3 is 0 Å². The molecule has 0 radical (unpaired) electrons. The fourth-order valence-electron chi connectivity index (χ4n) is 3.10. The zero-order chi connectivity index (χ0) is 15.5. The molecule has 0 aromatic heterocycles. The molecule has 22 heavy (non-hydrogen) atoms. The van der Waals surface area contributed by atoms with Crippen LogP contribution in [0.3, 0.4) is 0 Å². The van der Waals surface area contributed by atoms with Gasteiger partial charge in [-0.25, -0.2) is 0 Å². The molecule has 0 bridgehead atoms. The summed E-state index contributed by atoms with van der Waals surface area (Å²) < 4.78 is 16.1. The van der Waals surface area contributed by atoms with Gasteiger partial charge in [0.05, 0.1) is 27.9 Å². The zero-order valence-corrected chi connectivity index (χ0v) is 13.3. The summed E-state index contributed by atoms with van der Waals surface area (Å²) in [6, 6.07) is 12.8. The fourth-order valence-corrected chi connectivity index (χ4v) is 3.10. The molecule has 0 amide bonds. The number of methoxy groups -OCH3 is 3. The molecule has 1 aliphatic heterocycles. The number of hydrogen-bond acceptors (Lipinski definition) is 3. The molecule has 4 nitrogen and oxygen atoms in total. The van der Waals surface area contributed by atoms with Crippen LogP contribution in [0.15, 0.2) is 36.4 Å². The average molecular weight is 300 g/mol. The summed E-state index contributed by atoms with van der Waals surface area (Å²) in [5.41, 5.74) is 3.91. The van der Waals surface area contributed by atoms with E-state index in [4.69, 9.17) is 14.2 Å². The third-order valence-electron chi connectivity index (χ3n) is 4.27. The first kappa shape index (κ1) is 14.7. The van der Waals surface area contributed by atoms with E-state index in [-0.39, 0.29) is 6.04 Å². The SMILES string of the molecule is COc1ccc(C2[NH2+]CCc3cc(OC)c(OC)cc32)cc1. The summed E-state index contributed by atoms with van der Waals surface area (Å²) >= 11 is 0. The Morgan fingerprint density at radius 3 is 2.23 bits per heavy atom. The summed E-state index contributed by atoms with van der Waals surface area (Å²) in [4.78, 5) is 0. The molecular formula is C18H22NO3+. The predicted molar refractivity (Wildman–Crippen MR) is 84.9 cm³/mol. The molecule has 2 aromatic rings. The molecule has 0 saturated carbocycles. The first-order chi connectivity index (χ1) is 10.8. The maximum absolute atomic E-state index is 5.46. The van der Waals surface area contributed by atoms with Crippen molar-refractivity contribution >= 4 is 0 Å². The molecule has 0 aliphatic carbocycles. The largest absolute Gasteiger partial charge is 0.497 e. The Morgan fingerprint density at radius 2 is 1.59 bits per heavy atom. The summed E-state index contributed by atoms with van der Waals surface area (Å²) in [6.45, 7) is 1.07. The van der Waals surface area contributed by atoms with Gasteiger partial charge in [0.15, 0.2) is 11.5 Å². The van der Waals surface area contributed by atoms with E-state index in [2.05, 4.69) is 29.6 Å². The van der Waals surface area contributed by atoms with Crippen LogP contribution in [0, 0.1) is 0 Å². The molecule has 3 rings (SSSR count). The molecule has 0 fully saturated rings. The summed E-state index contributed by atoms with van der Waals surface area (Å²) in [5, 5.41) is 2.37. The van der Waals surface area contributed by atoms with Crippen LogP contribution in [0.5, 0.6) is 17.2 Å². The molecule has 1 atom stereocenters. The molecule has 1 unspecified atom stereocenters. The van der Waals surface area contributed by atoms with Crippen LogP contribution in [0.1, 0.15) is 22.7 Å². The molecule has 2 aromatic carbocycles. The predicted octanol–water partition coefficient (Wildman–Crippen LogP) is 1.92. The molecule has 0 spiro atoms. The lowest BCUT2D eigenvalue weighted by molar-refractivity contribution is -0.690. The monoisotopic (exact) mass is 300 g/mol. The number of hydrogen-bond donors (Lipinski definition) is 1. The Kier molecular flexibility index (Phi) is 4.20. The summed E-state index contributed by atoms with van der Waals surface area (Å²) in [5.74, 6) is 2.47. The van der Waals surface area contributed by atoms with Crippen LogP contribution in [-0.2, 0) is 6.42 Å². The highest BCUT2D eigenvalue weighted by Crippen LogP contribution is 2.35. The molecule has 4 heteroatoms. The minimum Gasteiger partial charge on any atom is -0.497 e. The highest BCUT2D eigenvalue weighted by Gasteiger charge is 2.27. The second-order valence-corrected chi connectivity index (χ2v) is 5.43. The third kappa shape index (κ3) is 2.62. The minimum absolute atomic E-state index is 0.287. The van der Waals surface area contributed by atoms with Gasteiger partial charge in [-0.05, 0) is 42.0 Å². The van der Waals surface area contributed by atoms with Gasteiger partial charge in [0.1, 0.15) is 11.8 Å². The standard InChI is InChI=1S/C18H21NO3/c1-20-14-6-4-12(5-7-14)18-15-11-17(22-3)16(21-2)10-13(15)8-9-19-18/h4-7,10-11,18-19H,8-9H2,1-3H3/p+1. The number of rotatable bonds is 4. The fraction of sp³-hybridized carbons (Fsp3) is 0.333. The van der Waals surface area contributed by atoms with E-state index in [0.29, 0.717) is 0 Å². The van der Waals surface area contributed by atoms with Crippen LogP contribution < -0.4 is 19.5 Å². The number of fused-ring (bicyclic) bond motifs is 1. The quantitative estimate of drug-likeness (QED) is 0.938. The third-order valence-corrected chi connectivity index (χ3v) is 4.27. The van der Waals surface area contributed by atoms with Crippen LogP contribution in [0.25, 0.3) is 0 Å². The number of benzene rings is 2. The topological polar surface area (TPSA) is 44.3 Å². The Hall–Kier alpha value is -2.20. The normalized spacial score (nSPS) is 16.8. The van der Waals surface area contributed by atoms with Gasteiger partial charge in [-0.15, -0.1) is 0 Å². The van der Waals surface area contributed by atoms with E-state index in [1.165, 1.54) is 16.7 Å². The van der Waals surface area contributed by atoms with E-state index in [0.717, 1.165) is 30.2 Å². The Bertz CT molecular complexity index is 652. The van der Waals surface area contributed by atoms with Gasteiger partial charge in [0.2, 0.25) is 0 Å². The van der Waals surface area contributed by atoms with Crippen molar-refractivity contribution in [3.05, 3.63) is 53.1 Å². The molecule has 116 valence electrons. The zero-order valence-electron chi connectivity index (χ0n) is 13.3. The number of ether oxygens (including phenoxy) is 3. The summed E-state index contributed by atoms with van der Waals surface area (Å²) in [7, 11) is 5.05. The van der Waals surface area contributed by atoms with Crippen molar-refractivity contribution in [1.29, 1.82) is 0 Å². The molecule has 1 heterocycles. The van der Waals surface area contributed by atoms with E-state index in [1.54, 1.807) is 21.3 Å². The maximum Gasteiger partial charge on any atom is 0.161 e. The number of nitrogens with two attached hydrogens (primary N) is 1. The van der Waals surface area contributed by atoms with Crippen molar-refractivity contribution in [2.45, 2.75) is 12.5 Å². The Balaban J connectivity index is 2.02. The van der Waals surface area contributed by atoms with Crippen molar-refractivity contribution in [1.82, 2.24) is 0 Å². The van der Waals surface area contributed by atoms with E-state index < -0.39 is 0 Å². The lowest BCUT2D eigenvalue weighted by atomic mass is 9.89. The van der Waals surface area contributed by atoms with E-state index >= 15 is 0 Å². The van der Waals surface area contributed by atoms with Gasteiger partial charge in [-0.3, -0.25) is 0 Å². The van der Waals surface area contributed by atoms with Crippen LogP contribution in [-0.4, -0.2) is 27.9 Å². The first-order valence-electron chi connectivity index (χ1n) is 7.49. The Labute approximate surface area is 131 Å². The van der Waals surface area contributed by atoms with E-state index in [9.17, 15) is 0 Å². The van der Waals surface area contributed by atoms with Gasteiger partial charge in [-0.2, -0.15) is 0 Å². The molecule has 1 aliphatic rings. The van der Waals surface area contributed by atoms with Crippen LogP contribution >= 0.6 is 0 Å². The average Bonchev–Trinajstić information content (AvgIpc) is 2.60. The molecule has 2 N–H and O–H groups in total. The molecular weight excluding hydrogens is 278 g/mol. The minimum atomic E-state index is 0.287. The van der Waals surface area contributed by atoms with Crippen molar-refractivity contribution in [2.75, 3.05) is 27.9 Å². The van der Waals surface area contributed by atoms with Crippen molar-refractivity contribution in [2.24, 2.45) is 0 Å². The maximum atomic E-state index is 5.46. The van der Waals surface area contributed by atoms with Crippen LogP contribution in [0.4, 0.5) is 0 Å². The summed E-state index contributed by atoms with van der Waals surface area (Å²) in [6.07, 6.45) is 1.04. The lowest BCUT2D eigenvalue weighted by Gasteiger charge is -2.25. The van der Waals surface area contributed by atoms with Gasteiger partial charge in [-0.1, -0.05) is 0 Å². The molecule has 0 saturated heterocycles.